The quantitative estimate of drug-likeness (QED) is 0.392. The molecule has 0 heterocycles. The molecule has 0 aromatic rings. The van der Waals surface area contributed by atoms with E-state index in [1.165, 1.54) is 0 Å². The van der Waals surface area contributed by atoms with Crippen LogP contribution in [0, 0.1) is 0 Å². The summed E-state index contributed by atoms with van der Waals surface area (Å²) < 4.78 is 16.5. The normalized spacial score (nSPS) is 13.2. The first-order valence-corrected chi connectivity index (χ1v) is 6.77. The van der Waals surface area contributed by atoms with Crippen molar-refractivity contribution < 1.29 is 14.3 Å². The molecule has 17 heavy (non-hydrogen) atoms. The SMILES string of the molecule is CON=P(N(C)C)(N(C)C)N(C)C(OC)OC. The fraction of sp³-hybridized carbons (Fsp3) is 1.00. The Morgan fingerprint density at radius 2 is 1.29 bits per heavy atom. The van der Waals surface area contributed by atoms with E-state index in [0.717, 1.165) is 0 Å². The van der Waals surface area contributed by atoms with Crippen molar-refractivity contribution in [3.05, 3.63) is 0 Å². The van der Waals surface area contributed by atoms with Gasteiger partial charge in [0.25, 0.3) is 0 Å². The summed E-state index contributed by atoms with van der Waals surface area (Å²) >= 11 is 0. The summed E-state index contributed by atoms with van der Waals surface area (Å²) in [7, 11) is 12.3. The van der Waals surface area contributed by atoms with E-state index in [4.69, 9.17) is 14.3 Å². The monoisotopic (exact) mass is 268 g/mol. The van der Waals surface area contributed by atoms with E-state index in [2.05, 4.69) is 4.91 Å². The Hall–Kier alpha value is -0.0100. The molecule has 0 saturated heterocycles. The van der Waals surface area contributed by atoms with Gasteiger partial charge in [-0.15, -0.1) is 4.91 Å². The molecule has 0 aliphatic heterocycles. The van der Waals surface area contributed by atoms with Crippen LogP contribution in [0.25, 0.3) is 0 Å². The first-order valence-electron chi connectivity index (χ1n) is 5.17. The predicted molar refractivity (Wildman–Crippen MR) is 69.3 cm³/mol. The highest BCUT2D eigenvalue weighted by Gasteiger charge is 2.36. The standard InChI is InChI=1S/C9H25N4O3P/c1-11(2)17(10-16-8,12(3)4)13(5)9(14-6)15-7/h9H,1-8H3. The zero-order chi connectivity index (χ0) is 13.6. The maximum Gasteiger partial charge on any atom is 0.224 e. The third kappa shape index (κ3) is 3.48. The molecule has 0 atom stereocenters. The highest BCUT2D eigenvalue weighted by atomic mass is 31.2. The molecule has 0 N–H and O–H groups in total. The second-order valence-corrected chi connectivity index (χ2v) is 7.31. The van der Waals surface area contributed by atoms with Crippen molar-refractivity contribution >= 4 is 7.51 Å². The molecule has 0 aliphatic carbocycles. The van der Waals surface area contributed by atoms with Gasteiger partial charge in [0.15, 0.2) is 0 Å². The van der Waals surface area contributed by atoms with Crippen molar-refractivity contribution in [2.75, 3.05) is 56.6 Å². The van der Waals surface area contributed by atoms with Crippen LogP contribution in [0.2, 0.25) is 0 Å². The Balaban J connectivity index is 5.52. The molecule has 0 radical (unpaired) electrons. The molecule has 0 aromatic heterocycles. The Kier molecular flexibility index (Phi) is 7.43. The number of methoxy groups -OCH3 is 2. The summed E-state index contributed by atoms with van der Waals surface area (Å²) in [4.78, 5) is 9.33. The number of ether oxygens (including phenoxy) is 2. The third-order valence-corrected chi connectivity index (χ3v) is 5.96. The molecule has 0 bridgehead atoms. The van der Waals surface area contributed by atoms with Crippen LogP contribution in [-0.4, -0.2) is 77.0 Å². The number of nitrogens with zero attached hydrogens (tertiary/aromatic N) is 4. The molecular weight excluding hydrogens is 243 g/mol. The minimum absolute atomic E-state index is 0.480. The topological polar surface area (TPSA) is 49.8 Å². The van der Waals surface area contributed by atoms with Crippen LogP contribution in [0.15, 0.2) is 4.91 Å². The number of hydrogen-bond acceptors (Lipinski definition) is 4. The molecule has 0 aromatic carbocycles. The average Bonchev–Trinajstić information content (AvgIpc) is 2.26. The van der Waals surface area contributed by atoms with Crippen LogP contribution < -0.4 is 0 Å². The summed E-state index contributed by atoms with van der Waals surface area (Å²) in [6.45, 7) is 0. The van der Waals surface area contributed by atoms with E-state index in [0.29, 0.717) is 0 Å². The van der Waals surface area contributed by atoms with Gasteiger partial charge in [0.1, 0.15) is 0 Å². The minimum Gasteiger partial charge on any atom is -0.343 e. The largest absolute Gasteiger partial charge is 0.343 e. The summed E-state index contributed by atoms with van der Waals surface area (Å²) in [5.41, 5.74) is 0. The first kappa shape index (κ1) is 17.0. The molecule has 0 saturated carbocycles. The molecule has 0 fully saturated rings. The zero-order valence-corrected chi connectivity index (χ0v) is 12.9. The lowest BCUT2D eigenvalue weighted by Crippen LogP contribution is -2.40. The van der Waals surface area contributed by atoms with Crippen molar-refractivity contribution in [2.45, 2.75) is 6.41 Å². The van der Waals surface area contributed by atoms with Gasteiger partial charge in [-0.25, -0.2) is 0 Å². The first-order chi connectivity index (χ1) is 7.88. The fourth-order valence-electron chi connectivity index (χ4n) is 1.76. The van der Waals surface area contributed by atoms with Crippen molar-refractivity contribution in [3.8, 4) is 0 Å². The van der Waals surface area contributed by atoms with Gasteiger partial charge in [0.2, 0.25) is 13.9 Å². The van der Waals surface area contributed by atoms with Gasteiger partial charge in [0, 0.05) is 14.2 Å². The van der Waals surface area contributed by atoms with Gasteiger partial charge in [-0.2, -0.15) is 4.67 Å². The van der Waals surface area contributed by atoms with E-state index in [1.807, 2.05) is 49.2 Å². The molecular formula is C9H25N4O3P. The van der Waals surface area contributed by atoms with Crippen LogP contribution in [0.3, 0.4) is 0 Å². The lowest BCUT2D eigenvalue weighted by Gasteiger charge is -2.43. The van der Waals surface area contributed by atoms with Gasteiger partial charge in [-0.3, -0.25) is 14.2 Å². The van der Waals surface area contributed by atoms with E-state index >= 15 is 0 Å². The lowest BCUT2D eigenvalue weighted by molar-refractivity contribution is -0.161. The van der Waals surface area contributed by atoms with Gasteiger partial charge < -0.3 is 9.47 Å². The maximum absolute atomic E-state index is 5.28. The number of hydrogen-bond donors (Lipinski definition) is 0. The van der Waals surface area contributed by atoms with Crippen molar-refractivity contribution in [3.63, 3.8) is 0 Å². The Morgan fingerprint density at radius 1 is 0.882 bits per heavy atom. The average molecular weight is 268 g/mol. The summed E-state index contributed by atoms with van der Waals surface area (Å²) in [6, 6.07) is 0. The Morgan fingerprint density at radius 3 is 1.53 bits per heavy atom. The van der Waals surface area contributed by atoms with Gasteiger partial charge in [0.05, 0.1) is 7.11 Å². The molecule has 104 valence electrons. The van der Waals surface area contributed by atoms with Crippen molar-refractivity contribution in [1.82, 2.24) is 14.0 Å². The van der Waals surface area contributed by atoms with E-state index in [1.54, 1.807) is 21.3 Å². The molecule has 8 heteroatoms. The summed E-state index contributed by atoms with van der Waals surface area (Å²) in [5, 5.41) is 0. The van der Waals surface area contributed by atoms with Crippen LogP contribution >= 0.6 is 7.51 Å². The predicted octanol–water partition coefficient (Wildman–Crippen LogP) is 1.13. The lowest BCUT2D eigenvalue weighted by atomic mass is 11.0. The second kappa shape index (κ2) is 7.43. The second-order valence-electron chi connectivity index (χ2n) is 3.85. The van der Waals surface area contributed by atoms with Gasteiger partial charge in [-0.1, -0.05) is 0 Å². The van der Waals surface area contributed by atoms with Crippen molar-refractivity contribution in [1.29, 1.82) is 0 Å². The maximum atomic E-state index is 5.28. The number of rotatable bonds is 7. The van der Waals surface area contributed by atoms with Crippen LogP contribution in [0.5, 0.6) is 0 Å². The van der Waals surface area contributed by atoms with Crippen LogP contribution in [-0.2, 0) is 14.3 Å². The highest BCUT2D eigenvalue weighted by molar-refractivity contribution is 7.58. The smallest absolute Gasteiger partial charge is 0.224 e. The molecule has 0 spiro atoms. The van der Waals surface area contributed by atoms with Crippen molar-refractivity contribution in [2.24, 2.45) is 4.91 Å². The third-order valence-electron chi connectivity index (χ3n) is 2.40. The highest BCUT2D eigenvalue weighted by Crippen LogP contribution is 2.56. The Bertz CT molecular complexity index is 257. The van der Waals surface area contributed by atoms with E-state index in [9.17, 15) is 0 Å². The van der Waals surface area contributed by atoms with Crippen LogP contribution in [0.1, 0.15) is 0 Å². The Labute approximate surface area is 104 Å². The summed E-state index contributed by atoms with van der Waals surface area (Å²) in [5.74, 6) is 0. The van der Waals surface area contributed by atoms with E-state index in [-0.39, 0.29) is 0 Å². The zero-order valence-electron chi connectivity index (χ0n) is 12.0. The summed E-state index contributed by atoms with van der Waals surface area (Å²) in [6.07, 6.45) is -0.480. The minimum atomic E-state index is -2.17. The molecule has 0 unspecified atom stereocenters. The molecule has 7 nitrogen and oxygen atoms in total. The molecule has 0 aliphatic rings. The molecule has 0 rings (SSSR count). The van der Waals surface area contributed by atoms with Crippen LogP contribution in [0.4, 0.5) is 0 Å². The molecule has 0 amide bonds. The van der Waals surface area contributed by atoms with Gasteiger partial charge >= 0.3 is 0 Å². The van der Waals surface area contributed by atoms with Gasteiger partial charge in [-0.05, 0) is 35.2 Å². The fourth-order valence-corrected chi connectivity index (χ4v) is 4.68. The van der Waals surface area contributed by atoms with E-state index < -0.39 is 13.9 Å².